The van der Waals surface area contributed by atoms with E-state index in [4.69, 9.17) is 0 Å². The van der Waals surface area contributed by atoms with Gasteiger partial charge in [-0.05, 0) is 41.9 Å². The van der Waals surface area contributed by atoms with Crippen LogP contribution in [0.3, 0.4) is 0 Å². The summed E-state index contributed by atoms with van der Waals surface area (Å²) in [4.78, 5) is 0. The van der Waals surface area contributed by atoms with Crippen LogP contribution in [0.4, 0.5) is 13.2 Å². The molecular formula is C9H10F3IN2S. The molecule has 1 aromatic heterocycles. The van der Waals surface area contributed by atoms with E-state index < -0.39 is 12.1 Å². The van der Waals surface area contributed by atoms with Crippen LogP contribution in [0, 0.1) is 8.93 Å². The lowest BCUT2D eigenvalue weighted by atomic mass is 9.81. The van der Waals surface area contributed by atoms with E-state index in [9.17, 15) is 13.2 Å². The largest absolute Gasteiger partial charge is 0.391 e. The van der Waals surface area contributed by atoms with Gasteiger partial charge in [0, 0.05) is 5.92 Å². The smallest absolute Gasteiger partial charge is 0.171 e. The summed E-state index contributed by atoms with van der Waals surface area (Å²) in [7, 11) is 0. The zero-order valence-corrected chi connectivity index (χ0v) is 11.3. The molecule has 0 aromatic carbocycles. The molecule has 16 heavy (non-hydrogen) atoms. The predicted molar refractivity (Wildman–Crippen MR) is 63.4 cm³/mol. The van der Waals surface area contributed by atoms with Gasteiger partial charge in [0.25, 0.3) is 0 Å². The molecule has 0 N–H and O–H groups in total. The Balaban J connectivity index is 2.07. The van der Waals surface area contributed by atoms with Crippen LogP contribution in [0.2, 0.25) is 0 Å². The van der Waals surface area contributed by atoms with Crippen LogP contribution < -0.4 is 0 Å². The molecule has 1 aromatic rings. The van der Waals surface area contributed by atoms with E-state index in [-0.39, 0.29) is 18.8 Å². The lowest BCUT2D eigenvalue weighted by Gasteiger charge is -2.29. The summed E-state index contributed by atoms with van der Waals surface area (Å²) in [6.45, 7) is 0. The number of hydrogen-bond acceptors (Lipinski definition) is 3. The van der Waals surface area contributed by atoms with Crippen molar-refractivity contribution in [2.45, 2.75) is 37.8 Å². The van der Waals surface area contributed by atoms with E-state index in [1.165, 1.54) is 11.3 Å². The average Bonchev–Trinajstić information content (AvgIpc) is 2.64. The maximum absolute atomic E-state index is 12.6. The second kappa shape index (κ2) is 4.75. The zero-order valence-electron chi connectivity index (χ0n) is 8.30. The number of halogens is 4. The van der Waals surface area contributed by atoms with Gasteiger partial charge in [0.15, 0.2) is 3.01 Å². The highest BCUT2D eigenvalue weighted by atomic mass is 127. The monoisotopic (exact) mass is 362 g/mol. The Bertz CT molecular complexity index is 366. The standard InChI is InChI=1S/C9H10F3IN2S/c10-9(11,12)6-3-1-2-5(4-6)7-14-15-8(13)16-7/h5-6H,1-4H2. The van der Waals surface area contributed by atoms with Gasteiger partial charge in [0.2, 0.25) is 0 Å². The van der Waals surface area contributed by atoms with Gasteiger partial charge in [-0.1, -0.05) is 17.8 Å². The van der Waals surface area contributed by atoms with Gasteiger partial charge in [-0.3, -0.25) is 0 Å². The molecule has 0 bridgehead atoms. The van der Waals surface area contributed by atoms with E-state index in [1.54, 1.807) is 0 Å². The second-order valence-electron chi connectivity index (χ2n) is 4.00. The van der Waals surface area contributed by atoms with E-state index >= 15 is 0 Å². The normalized spacial score (nSPS) is 27.0. The molecule has 0 saturated heterocycles. The third-order valence-electron chi connectivity index (χ3n) is 2.90. The molecule has 1 aliphatic rings. The fraction of sp³-hybridized carbons (Fsp3) is 0.778. The third kappa shape index (κ3) is 2.85. The number of nitrogens with zero attached hydrogens (tertiary/aromatic N) is 2. The molecule has 2 unspecified atom stereocenters. The summed E-state index contributed by atoms with van der Waals surface area (Å²) in [5.74, 6) is -1.21. The topological polar surface area (TPSA) is 25.8 Å². The van der Waals surface area contributed by atoms with Gasteiger partial charge in [0.05, 0.1) is 5.92 Å². The molecule has 1 heterocycles. The van der Waals surface area contributed by atoms with Crippen molar-refractivity contribution in [3.63, 3.8) is 0 Å². The highest BCUT2D eigenvalue weighted by molar-refractivity contribution is 14.1. The fourth-order valence-corrected chi connectivity index (χ4v) is 3.59. The summed E-state index contributed by atoms with van der Waals surface area (Å²) < 4.78 is 38.6. The van der Waals surface area contributed by atoms with Crippen LogP contribution in [0.5, 0.6) is 0 Å². The van der Waals surface area contributed by atoms with E-state index in [1.807, 2.05) is 22.6 Å². The van der Waals surface area contributed by atoms with Crippen LogP contribution in [0.25, 0.3) is 0 Å². The molecule has 0 radical (unpaired) electrons. The van der Waals surface area contributed by atoms with Gasteiger partial charge < -0.3 is 0 Å². The summed E-state index contributed by atoms with van der Waals surface area (Å²) in [6.07, 6.45) is -2.19. The Kier molecular flexibility index (Phi) is 3.72. The highest BCUT2D eigenvalue weighted by Crippen LogP contribution is 2.44. The van der Waals surface area contributed by atoms with Crippen molar-refractivity contribution >= 4 is 33.9 Å². The molecule has 0 aliphatic heterocycles. The molecule has 2 rings (SSSR count). The Morgan fingerprint density at radius 2 is 2.00 bits per heavy atom. The molecule has 0 amide bonds. The van der Waals surface area contributed by atoms with E-state index in [2.05, 4.69) is 10.2 Å². The van der Waals surface area contributed by atoms with Crippen molar-refractivity contribution in [3.8, 4) is 0 Å². The SMILES string of the molecule is FC(F)(F)C1CCCC(c2nnc(I)s2)C1. The molecule has 2 atom stereocenters. The third-order valence-corrected chi connectivity index (χ3v) is 4.65. The Labute approximate surface area is 109 Å². The first kappa shape index (κ1) is 12.5. The molecule has 1 saturated carbocycles. The molecule has 7 heteroatoms. The number of hydrogen-bond donors (Lipinski definition) is 0. The van der Waals surface area contributed by atoms with E-state index in [0.29, 0.717) is 6.42 Å². The molecule has 2 nitrogen and oxygen atoms in total. The number of aromatic nitrogens is 2. The van der Waals surface area contributed by atoms with Crippen molar-refractivity contribution < 1.29 is 13.2 Å². The van der Waals surface area contributed by atoms with Crippen molar-refractivity contribution in [1.82, 2.24) is 10.2 Å². The fourth-order valence-electron chi connectivity index (χ4n) is 2.09. The Morgan fingerprint density at radius 3 is 2.56 bits per heavy atom. The number of rotatable bonds is 1. The summed E-state index contributed by atoms with van der Waals surface area (Å²) in [5.41, 5.74) is 0. The van der Waals surface area contributed by atoms with Crippen molar-refractivity contribution in [2.24, 2.45) is 5.92 Å². The van der Waals surface area contributed by atoms with Gasteiger partial charge in [0.1, 0.15) is 5.01 Å². The highest BCUT2D eigenvalue weighted by Gasteiger charge is 2.42. The predicted octanol–water partition coefficient (Wildman–Crippen LogP) is 3.98. The Hall–Kier alpha value is 0.0800. The average molecular weight is 362 g/mol. The quantitative estimate of drug-likeness (QED) is 0.707. The van der Waals surface area contributed by atoms with E-state index in [0.717, 1.165) is 14.4 Å². The van der Waals surface area contributed by atoms with Crippen LogP contribution in [-0.4, -0.2) is 16.4 Å². The minimum Gasteiger partial charge on any atom is -0.171 e. The minimum atomic E-state index is -4.06. The van der Waals surface area contributed by atoms with Gasteiger partial charge >= 0.3 is 6.18 Å². The molecule has 0 spiro atoms. The van der Waals surface area contributed by atoms with Crippen molar-refractivity contribution in [3.05, 3.63) is 8.02 Å². The first-order valence-corrected chi connectivity index (χ1v) is 6.92. The number of alkyl halides is 3. The summed E-state index contributed by atoms with van der Waals surface area (Å²) >= 11 is 3.44. The summed E-state index contributed by atoms with van der Waals surface area (Å²) in [6, 6.07) is 0. The lowest BCUT2D eigenvalue weighted by Crippen LogP contribution is -2.28. The van der Waals surface area contributed by atoms with Crippen LogP contribution in [0.15, 0.2) is 0 Å². The van der Waals surface area contributed by atoms with Crippen molar-refractivity contribution in [1.29, 1.82) is 0 Å². The molecule has 90 valence electrons. The molecule has 1 fully saturated rings. The molecule has 1 aliphatic carbocycles. The Morgan fingerprint density at radius 1 is 1.25 bits per heavy atom. The van der Waals surface area contributed by atoms with Crippen molar-refractivity contribution in [2.75, 3.05) is 0 Å². The maximum Gasteiger partial charge on any atom is 0.391 e. The maximum atomic E-state index is 12.6. The zero-order chi connectivity index (χ0) is 11.8. The molecular weight excluding hydrogens is 352 g/mol. The van der Waals surface area contributed by atoms with Gasteiger partial charge in [-0.15, -0.1) is 10.2 Å². The lowest BCUT2D eigenvalue weighted by molar-refractivity contribution is -0.183. The first-order valence-electron chi connectivity index (χ1n) is 5.02. The summed E-state index contributed by atoms with van der Waals surface area (Å²) in [5, 5.41) is 8.56. The first-order chi connectivity index (χ1) is 7.47. The van der Waals surface area contributed by atoms with Crippen LogP contribution in [0.1, 0.15) is 36.6 Å². The minimum absolute atomic E-state index is 0.0543. The van der Waals surface area contributed by atoms with Gasteiger partial charge in [-0.2, -0.15) is 13.2 Å². The second-order valence-corrected chi connectivity index (χ2v) is 6.76. The van der Waals surface area contributed by atoms with Gasteiger partial charge in [-0.25, -0.2) is 0 Å². The van der Waals surface area contributed by atoms with Crippen LogP contribution in [-0.2, 0) is 0 Å². The van der Waals surface area contributed by atoms with Crippen LogP contribution >= 0.6 is 33.9 Å².